The molecule has 0 saturated heterocycles. The molecule has 3 aromatic carbocycles. The van der Waals surface area contributed by atoms with Crippen LogP contribution in [0.5, 0.6) is 5.75 Å². The molecule has 0 fully saturated rings. The molecular weight excluding hydrogens is 521 g/mol. The Morgan fingerprint density at radius 2 is 1.63 bits per heavy atom. The van der Waals surface area contributed by atoms with E-state index in [9.17, 15) is 26.0 Å². The maximum atomic E-state index is 13.0. The van der Waals surface area contributed by atoms with Crippen LogP contribution in [0.4, 0.5) is 21.5 Å². The Hall–Kier alpha value is -3.35. The number of fused-ring (bicyclic) bond motifs is 1. The summed E-state index contributed by atoms with van der Waals surface area (Å²) in [5.74, 6) is -0.944. The molecule has 1 aliphatic rings. The topological polar surface area (TPSA) is 122 Å². The van der Waals surface area contributed by atoms with Gasteiger partial charge in [-0.05, 0) is 66.7 Å². The molecule has 1 atom stereocenters. The fourth-order valence-electron chi connectivity index (χ4n) is 3.35. The zero-order valence-corrected chi connectivity index (χ0v) is 20.5. The van der Waals surface area contributed by atoms with Crippen LogP contribution >= 0.6 is 11.6 Å². The number of nitrogens with one attached hydrogen (secondary N) is 2. The quantitative estimate of drug-likeness (QED) is 0.495. The molecule has 13 heteroatoms. The van der Waals surface area contributed by atoms with Gasteiger partial charge in [-0.2, -0.15) is 0 Å². The predicted molar refractivity (Wildman–Crippen MR) is 130 cm³/mol. The molecule has 4 rings (SSSR count). The van der Waals surface area contributed by atoms with E-state index in [-0.39, 0.29) is 34.3 Å². The van der Waals surface area contributed by atoms with Crippen molar-refractivity contribution in [2.45, 2.75) is 11.0 Å². The lowest BCUT2D eigenvalue weighted by molar-refractivity contribution is -0.122. The minimum absolute atomic E-state index is 0.0807. The summed E-state index contributed by atoms with van der Waals surface area (Å²) in [6, 6.07) is 14.6. The van der Waals surface area contributed by atoms with E-state index in [0.29, 0.717) is 5.02 Å². The number of carbonyl (C=O) groups excluding carboxylic acids is 1. The standard InChI is InChI=1S/C22H19ClFN3O6S2/c1-34(29,30)27-13-21(33-20-11-2-14(23)12-19(20)27)22(28)25-16-7-9-18(10-8-16)35(31,32)26-17-5-3-15(24)4-6-17/h2-12,21,26H,13H2,1H3,(H,25,28)/t21-/m0/s1. The normalized spacial score (nSPS) is 15.6. The second-order valence-electron chi connectivity index (χ2n) is 7.64. The Labute approximate surface area is 206 Å². The highest BCUT2D eigenvalue weighted by Gasteiger charge is 2.35. The minimum atomic E-state index is -3.95. The molecule has 0 unspecified atom stereocenters. The van der Waals surface area contributed by atoms with Crippen LogP contribution in [-0.2, 0) is 24.8 Å². The number of halogens is 2. The summed E-state index contributed by atoms with van der Waals surface area (Å²) in [7, 11) is -7.67. The predicted octanol–water partition coefficient (Wildman–Crippen LogP) is 3.45. The van der Waals surface area contributed by atoms with Crippen molar-refractivity contribution in [2.24, 2.45) is 0 Å². The van der Waals surface area contributed by atoms with Crippen LogP contribution in [0.15, 0.2) is 71.6 Å². The van der Waals surface area contributed by atoms with Gasteiger partial charge in [-0.3, -0.25) is 13.8 Å². The number of ether oxygens (including phenoxy) is 1. The van der Waals surface area contributed by atoms with Gasteiger partial charge in [-0.1, -0.05) is 11.6 Å². The molecule has 1 amide bonds. The third-order valence-corrected chi connectivity index (χ3v) is 7.79. The zero-order valence-electron chi connectivity index (χ0n) is 18.1. The molecule has 1 heterocycles. The smallest absolute Gasteiger partial charge is 0.267 e. The van der Waals surface area contributed by atoms with Crippen molar-refractivity contribution < 1.29 is 30.8 Å². The molecule has 9 nitrogen and oxygen atoms in total. The molecule has 0 saturated carbocycles. The van der Waals surface area contributed by atoms with Gasteiger partial charge in [0, 0.05) is 16.4 Å². The van der Waals surface area contributed by atoms with E-state index in [1.807, 2.05) is 0 Å². The Bertz CT molecular complexity index is 1480. The van der Waals surface area contributed by atoms with E-state index in [0.717, 1.165) is 22.7 Å². The maximum Gasteiger partial charge on any atom is 0.267 e. The van der Waals surface area contributed by atoms with Crippen molar-refractivity contribution in [3.05, 3.63) is 77.6 Å². The molecular formula is C22H19ClFN3O6S2. The van der Waals surface area contributed by atoms with E-state index in [1.54, 1.807) is 0 Å². The fraction of sp³-hybridized carbons (Fsp3) is 0.136. The summed E-state index contributed by atoms with van der Waals surface area (Å²) in [4.78, 5) is 12.7. The SMILES string of the molecule is CS(=O)(=O)N1C[C@@H](C(=O)Nc2ccc(S(=O)(=O)Nc3ccc(F)cc3)cc2)Oc2ccc(Cl)cc21. The van der Waals surface area contributed by atoms with E-state index in [4.69, 9.17) is 16.3 Å². The summed E-state index contributed by atoms with van der Waals surface area (Å²) >= 11 is 5.98. The molecule has 0 aromatic heterocycles. The monoisotopic (exact) mass is 539 g/mol. The van der Waals surface area contributed by atoms with Gasteiger partial charge in [0.1, 0.15) is 11.6 Å². The lowest BCUT2D eigenvalue weighted by Crippen LogP contribution is -2.48. The third kappa shape index (κ3) is 5.66. The molecule has 2 N–H and O–H groups in total. The van der Waals surface area contributed by atoms with Crippen LogP contribution in [0.25, 0.3) is 0 Å². The Morgan fingerprint density at radius 1 is 1.00 bits per heavy atom. The highest BCUT2D eigenvalue weighted by molar-refractivity contribution is 7.92. The minimum Gasteiger partial charge on any atom is -0.476 e. The number of rotatable bonds is 6. The van der Waals surface area contributed by atoms with Crippen molar-refractivity contribution in [2.75, 3.05) is 27.1 Å². The van der Waals surface area contributed by atoms with Crippen LogP contribution in [0.2, 0.25) is 5.02 Å². The molecule has 0 aliphatic carbocycles. The van der Waals surface area contributed by atoms with E-state index in [2.05, 4.69) is 10.0 Å². The van der Waals surface area contributed by atoms with Gasteiger partial charge in [-0.25, -0.2) is 21.2 Å². The maximum absolute atomic E-state index is 13.0. The molecule has 0 radical (unpaired) electrons. The summed E-state index contributed by atoms with van der Waals surface area (Å²) in [5, 5.41) is 2.90. The van der Waals surface area contributed by atoms with Gasteiger partial charge in [0.05, 0.1) is 23.4 Å². The van der Waals surface area contributed by atoms with Gasteiger partial charge in [0.15, 0.2) is 6.10 Å². The number of benzene rings is 3. The fourth-order valence-corrected chi connectivity index (χ4v) is 5.48. The molecule has 0 spiro atoms. The molecule has 0 bridgehead atoms. The number of hydrogen-bond acceptors (Lipinski definition) is 6. The first-order valence-electron chi connectivity index (χ1n) is 10.1. The largest absolute Gasteiger partial charge is 0.476 e. The van der Waals surface area contributed by atoms with Crippen LogP contribution in [0.1, 0.15) is 0 Å². The Kier molecular flexibility index (Phi) is 6.62. The highest BCUT2D eigenvalue weighted by atomic mass is 35.5. The van der Waals surface area contributed by atoms with Crippen molar-refractivity contribution in [3.8, 4) is 5.75 Å². The molecule has 1 aliphatic heterocycles. The number of sulfonamides is 2. The van der Waals surface area contributed by atoms with Crippen LogP contribution in [0, 0.1) is 5.82 Å². The number of nitrogens with zero attached hydrogens (tertiary/aromatic N) is 1. The Morgan fingerprint density at radius 3 is 2.26 bits per heavy atom. The molecule has 184 valence electrons. The van der Waals surface area contributed by atoms with Crippen molar-refractivity contribution in [1.82, 2.24) is 0 Å². The summed E-state index contributed by atoms with van der Waals surface area (Å²) in [6.45, 7) is -0.272. The first kappa shape index (κ1) is 24.8. The zero-order chi connectivity index (χ0) is 25.4. The van der Waals surface area contributed by atoms with E-state index >= 15 is 0 Å². The number of hydrogen-bond donors (Lipinski definition) is 2. The number of carbonyl (C=O) groups is 1. The average molecular weight is 540 g/mol. The van der Waals surface area contributed by atoms with Crippen molar-refractivity contribution in [1.29, 1.82) is 0 Å². The first-order valence-corrected chi connectivity index (χ1v) is 13.8. The second kappa shape index (κ2) is 9.36. The summed E-state index contributed by atoms with van der Waals surface area (Å²) in [6.07, 6.45) is -0.154. The Balaban J connectivity index is 1.48. The highest BCUT2D eigenvalue weighted by Crippen LogP contribution is 2.37. The third-order valence-electron chi connectivity index (χ3n) is 5.01. The molecule has 35 heavy (non-hydrogen) atoms. The summed E-state index contributed by atoms with van der Waals surface area (Å²) in [5.41, 5.74) is 0.689. The lowest BCUT2D eigenvalue weighted by atomic mass is 10.2. The van der Waals surface area contributed by atoms with Gasteiger partial charge >= 0.3 is 0 Å². The van der Waals surface area contributed by atoms with Gasteiger partial charge in [0.25, 0.3) is 15.9 Å². The van der Waals surface area contributed by atoms with Crippen molar-refractivity contribution >= 4 is 54.6 Å². The van der Waals surface area contributed by atoms with E-state index < -0.39 is 37.9 Å². The molecule has 3 aromatic rings. The average Bonchev–Trinajstić information content (AvgIpc) is 2.79. The van der Waals surface area contributed by atoms with Crippen molar-refractivity contribution in [3.63, 3.8) is 0 Å². The van der Waals surface area contributed by atoms with Gasteiger partial charge < -0.3 is 10.1 Å². The van der Waals surface area contributed by atoms with Crippen LogP contribution < -0.4 is 19.1 Å². The van der Waals surface area contributed by atoms with Crippen LogP contribution in [0.3, 0.4) is 0 Å². The number of amides is 1. The summed E-state index contributed by atoms with van der Waals surface area (Å²) < 4.78 is 71.8. The van der Waals surface area contributed by atoms with Gasteiger partial charge in [0.2, 0.25) is 10.0 Å². The first-order chi connectivity index (χ1) is 16.4. The second-order valence-corrected chi connectivity index (χ2v) is 11.7. The number of anilines is 3. The lowest BCUT2D eigenvalue weighted by Gasteiger charge is -2.34. The van der Waals surface area contributed by atoms with Crippen LogP contribution in [-0.4, -0.2) is 41.6 Å². The van der Waals surface area contributed by atoms with E-state index in [1.165, 1.54) is 54.6 Å². The van der Waals surface area contributed by atoms with Gasteiger partial charge in [-0.15, -0.1) is 0 Å².